The molecule has 28 heteroatoms. The molecule has 0 saturated carbocycles. The van der Waals surface area contributed by atoms with Crippen LogP contribution in [0.15, 0.2) is 28.3 Å². The van der Waals surface area contributed by atoms with Crippen molar-refractivity contribution in [2.45, 2.75) is 85.1 Å². The predicted octanol–water partition coefficient (Wildman–Crippen LogP) is 7.40. The third-order valence-electron chi connectivity index (χ3n) is 11.5. The van der Waals surface area contributed by atoms with Crippen LogP contribution in [0.3, 0.4) is 0 Å². The lowest BCUT2D eigenvalue weighted by molar-refractivity contribution is -0.143. The van der Waals surface area contributed by atoms with Crippen molar-refractivity contribution >= 4 is 163 Å². The number of hydrogen-bond acceptors (Lipinski definition) is 17. The Bertz CT molecular complexity index is 2050. The summed E-state index contributed by atoms with van der Waals surface area (Å²) in [5.74, 6) is 2.37. The maximum atomic E-state index is 11.5. The molecule has 8 amide bonds. The highest BCUT2D eigenvalue weighted by Gasteiger charge is 2.37. The van der Waals surface area contributed by atoms with Crippen LogP contribution in [0.4, 0.5) is 9.59 Å². The molecule has 1 aromatic heterocycles. The number of imide groups is 2. The molecule has 2 unspecified atom stereocenters. The Morgan fingerprint density at radius 1 is 0.513 bits per heavy atom. The summed E-state index contributed by atoms with van der Waals surface area (Å²) in [5.41, 5.74) is 0. The zero-order valence-corrected chi connectivity index (χ0v) is 47.9. The fourth-order valence-corrected chi connectivity index (χ4v) is 11.1. The molecule has 6 saturated heterocycles. The van der Waals surface area contributed by atoms with Gasteiger partial charge in [-0.3, -0.25) is 38.8 Å². The average molecular weight is 1210 g/mol. The quantitative estimate of drug-likeness (QED) is 0.165. The van der Waals surface area contributed by atoms with Gasteiger partial charge in [0.15, 0.2) is 10.2 Å². The summed E-state index contributed by atoms with van der Waals surface area (Å²) in [6, 6.07) is -0.167. The van der Waals surface area contributed by atoms with E-state index < -0.39 is 0 Å². The van der Waals surface area contributed by atoms with E-state index in [1.54, 1.807) is 50.9 Å². The van der Waals surface area contributed by atoms with Gasteiger partial charge in [-0.15, -0.1) is 28.6 Å². The maximum Gasteiger partial charge on any atom is 0.326 e. The Morgan fingerprint density at radius 3 is 1.26 bits per heavy atom. The van der Waals surface area contributed by atoms with Gasteiger partial charge in [-0.25, -0.2) is 14.3 Å². The summed E-state index contributed by atoms with van der Waals surface area (Å²) < 4.78 is 1.53. The fourth-order valence-electron chi connectivity index (χ4n) is 6.79. The Labute approximate surface area is 495 Å². The number of thiocarbonyl (C=S) groups is 6. The van der Waals surface area contributed by atoms with Crippen molar-refractivity contribution in [2.75, 3.05) is 106 Å². The molecule has 0 N–H and O–H groups in total. The van der Waals surface area contributed by atoms with E-state index in [4.69, 9.17) is 73.3 Å². The highest BCUT2D eigenvalue weighted by Crippen LogP contribution is 2.40. The number of urea groups is 2. The summed E-state index contributed by atoms with van der Waals surface area (Å²) in [4.78, 5) is 88.7. The number of hydrogen-bond donors (Lipinski definition) is 0. The first kappa shape index (κ1) is 78.3. The van der Waals surface area contributed by atoms with Crippen molar-refractivity contribution < 1.29 is 28.8 Å². The number of carbonyl (C=O) groups excluding carboxylic acids is 6. The number of fused-ring (bicyclic) bond motifs is 2. The Hall–Kier alpha value is -4.19. The van der Waals surface area contributed by atoms with Gasteiger partial charge in [-0.05, 0) is 97.9 Å². The number of likely N-dealkylation sites (N-methyl/N-ethyl adjacent to an activating group) is 10. The average Bonchev–Trinajstić information content (AvgIpc) is 4.25. The van der Waals surface area contributed by atoms with E-state index in [0.717, 1.165) is 68.2 Å². The van der Waals surface area contributed by atoms with Crippen molar-refractivity contribution in [3.05, 3.63) is 28.3 Å². The fraction of sp³-hybridized carbons (Fsp3) is 0.646. The van der Waals surface area contributed by atoms with Crippen molar-refractivity contribution in [1.82, 2.24) is 69.2 Å². The van der Waals surface area contributed by atoms with Gasteiger partial charge < -0.3 is 29.4 Å². The van der Waals surface area contributed by atoms with E-state index in [-0.39, 0.29) is 92.7 Å². The molecule has 8 aliphatic heterocycles. The van der Waals surface area contributed by atoms with Crippen molar-refractivity contribution in [2.24, 2.45) is 18.9 Å². The molecule has 6 fully saturated rings. The summed E-state index contributed by atoms with van der Waals surface area (Å²) in [7, 11) is 12.1. The van der Waals surface area contributed by atoms with Crippen LogP contribution < -0.4 is 0 Å². The molecule has 432 valence electrons. The second-order valence-electron chi connectivity index (χ2n) is 15.9. The van der Waals surface area contributed by atoms with Gasteiger partial charge in [0, 0.05) is 92.4 Å². The summed E-state index contributed by atoms with van der Waals surface area (Å²) in [5, 5.41) is 11.7. The highest BCUT2D eigenvalue weighted by molar-refractivity contribution is 8.03. The Morgan fingerprint density at radius 2 is 0.934 bits per heavy atom. The molecular formula is C48H86N14O6S8. The predicted molar refractivity (Wildman–Crippen MR) is 338 cm³/mol. The number of aryl methyl sites for hydroxylation is 1. The molecule has 1 aromatic rings. The smallest absolute Gasteiger partial charge is 0.326 e. The van der Waals surface area contributed by atoms with Crippen molar-refractivity contribution in [3.8, 4) is 0 Å². The first-order valence-electron chi connectivity index (χ1n) is 22.2. The van der Waals surface area contributed by atoms with E-state index in [1.165, 1.54) is 54.7 Å². The van der Waals surface area contributed by atoms with Gasteiger partial charge >= 0.3 is 12.1 Å². The minimum Gasteiger partial charge on any atom is -0.342 e. The van der Waals surface area contributed by atoms with Crippen LogP contribution >= 0.6 is 96.8 Å². The van der Waals surface area contributed by atoms with Gasteiger partial charge in [0.05, 0.1) is 30.5 Å². The van der Waals surface area contributed by atoms with Crippen LogP contribution in [0.1, 0.15) is 85.1 Å². The molecule has 0 spiro atoms. The molecular weight excluding hydrogens is 1130 g/mol. The lowest BCUT2D eigenvalue weighted by Gasteiger charge is -2.28. The topological polar surface area (TPSA) is 178 Å². The number of carbonyl (C=O) groups is 6. The van der Waals surface area contributed by atoms with E-state index in [1.807, 2.05) is 61.3 Å². The van der Waals surface area contributed by atoms with Crippen molar-refractivity contribution in [3.63, 3.8) is 0 Å². The number of rotatable bonds is 4. The molecule has 0 bridgehead atoms. The molecule has 9 rings (SSSR count). The first-order chi connectivity index (χ1) is 32.9. The van der Waals surface area contributed by atoms with Crippen molar-refractivity contribution in [1.29, 1.82) is 0 Å². The van der Waals surface area contributed by atoms with Crippen LogP contribution in [-0.4, -0.2) is 241 Å². The summed E-state index contributed by atoms with van der Waals surface area (Å²) in [6.45, 7) is 13.1. The SMILES string of the molecule is C.C.C.C.C.C.CCN1CC(=O)N(C)C1=O.CCN1CC(=O)N(C)C1=S.CCN1CC(=S)N(C)C1=O.CCN1CC(=S)N(C)C1=S.CN1C(=O)C=C2SCCC2C1=O.CN1C(=S)C=C2SCCC2C1=S.Cn1cnnn1. The normalized spacial score (nSPS) is 19.8. The van der Waals surface area contributed by atoms with E-state index in [2.05, 4.69) is 33.4 Å². The number of thioether (sulfide) groups is 2. The van der Waals surface area contributed by atoms with Gasteiger partial charge in [0.2, 0.25) is 17.7 Å². The number of aromatic nitrogens is 4. The van der Waals surface area contributed by atoms with Crippen LogP contribution in [0, 0.1) is 11.8 Å². The van der Waals surface area contributed by atoms with Crippen LogP contribution in [0.25, 0.3) is 0 Å². The minimum atomic E-state index is -0.187. The molecule has 2 atom stereocenters. The molecule has 0 aromatic carbocycles. The largest absolute Gasteiger partial charge is 0.342 e. The summed E-state index contributed by atoms with van der Waals surface area (Å²) in [6.07, 6.45) is 7.27. The second-order valence-corrected chi connectivity index (χ2v) is 20.8. The highest BCUT2D eigenvalue weighted by atomic mass is 32.2. The van der Waals surface area contributed by atoms with Gasteiger partial charge in [-0.1, -0.05) is 93.4 Å². The molecule has 8 aliphatic rings. The molecule has 9 heterocycles. The monoisotopic (exact) mass is 1210 g/mol. The van der Waals surface area contributed by atoms with Gasteiger partial charge in [0.1, 0.15) is 27.8 Å². The third kappa shape index (κ3) is 20.6. The molecule has 20 nitrogen and oxygen atoms in total. The molecule has 76 heavy (non-hydrogen) atoms. The summed E-state index contributed by atoms with van der Waals surface area (Å²) >= 11 is 34.1. The number of amides is 8. The third-order valence-corrected chi connectivity index (χ3v) is 16.7. The second kappa shape index (κ2) is 36.8. The van der Waals surface area contributed by atoms with Crippen LogP contribution in [-0.2, 0) is 26.2 Å². The van der Waals surface area contributed by atoms with E-state index >= 15 is 0 Å². The molecule has 0 radical (unpaired) electrons. The van der Waals surface area contributed by atoms with E-state index in [9.17, 15) is 28.8 Å². The van der Waals surface area contributed by atoms with Gasteiger partial charge in [0.25, 0.3) is 5.91 Å². The Balaban J connectivity index is -0.000000395. The van der Waals surface area contributed by atoms with E-state index in [0.29, 0.717) is 35.7 Å². The minimum absolute atomic E-state index is 0. The van der Waals surface area contributed by atoms with Crippen LogP contribution in [0.5, 0.6) is 0 Å². The zero-order chi connectivity index (χ0) is 52.7. The maximum absolute atomic E-state index is 11.5. The first-order valence-corrected chi connectivity index (χ1v) is 26.6. The number of tetrazole rings is 1. The molecule has 0 aliphatic carbocycles. The number of nitrogens with zero attached hydrogens (tertiary/aromatic N) is 14. The Kier molecular flexibility index (Phi) is 37.9. The lowest BCUT2D eigenvalue weighted by atomic mass is 10.0. The lowest BCUT2D eigenvalue weighted by Crippen LogP contribution is -2.39. The standard InChI is InChI=1S/C8H9NO2S.C8H9NS3.C6H10N2O2.2C6H10N2OS.C6H10N2S2.C2H4N4.6CH4/c2*1-9-7(10)4-6-5(8(9)11)2-3-12-6;1-3-8-4-5(9)7(2)6(8)10;1-3-8-4-5(10)7(2)6(8)9;2*1-3-8-4-5(9)7(2)6(8)10;1-6-2-3-4-5-6;;;;;;/h2*4-5H,2-3H2,1H3;4*3-4H2,1-2H3;2H,1H3;6*1H4. The van der Waals surface area contributed by atoms with Gasteiger partial charge in [-0.2, -0.15) is 0 Å². The zero-order valence-electron chi connectivity index (χ0n) is 41.3. The van der Waals surface area contributed by atoms with Crippen LogP contribution in [0.2, 0.25) is 0 Å².